The summed E-state index contributed by atoms with van der Waals surface area (Å²) in [5, 5.41) is 9.11. The fourth-order valence-electron chi connectivity index (χ4n) is 2.15. The highest BCUT2D eigenvalue weighted by Gasteiger charge is 2.17. The van der Waals surface area contributed by atoms with Crippen LogP contribution in [0, 0.1) is 23.0 Å². The Labute approximate surface area is 126 Å². The van der Waals surface area contributed by atoms with Gasteiger partial charge >= 0.3 is 0 Å². The Bertz CT molecular complexity index is 911. The summed E-state index contributed by atoms with van der Waals surface area (Å²) in [6.07, 6.45) is 0. The Morgan fingerprint density at radius 3 is 2.71 bits per heavy atom. The number of rotatable bonds is 1. The number of hydrogen-bond acceptors (Lipinski definition) is 3. The fourth-order valence-corrected chi connectivity index (χ4v) is 2.49. The maximum absolute atomic E-state index is 13.7. The standard InChI is InChI=1S/C14H7BrF2N4/c15-8-4-11-13(5-10(8)17)21(14(19)20-11)12-3-1-2-9(16)7(12)6-18/h1-5H,(H2,19,20). The van der Waals surface area contributed by atoms with Crippen molar-refractivity contribution >= 4 is 32.9 Å². The number of nitrogens with two attached hydrogens (primary N) is 1. The molecule has 0 aliphatic rings. The molecule has 0 saturated heterocycles. The summed E-state index contributed by atoms with van der Waals surface area (Å²) in [5.74, 6) is -1.13. The van der Waals surface area contributed by atoms with Gasteiger partial charge in [0, 0.05) is 6.07 Å². The lowest BCUT2D eigenvalue weighted by atomic mass is 10.1. The van der Waals surface area contributed by atoms with E-state index in [1.165, 1.54) is 34.9 Å². The van der Waals surface area contributed by atoms with Crippen molar-refractivity contribution in [2.45, 2.75) is 0 Å². The first kappa shape index (κ1) is 13.5. The summed E-state index contributed by atoms with van der Waals surface area (Å²) in [5.41, 5.74) is 6.68. The second-order valence-corrected chi connectivity index (χ2v) is 5.16. The van der Waals surface area contributed by atoms with Crippen molar-refractivity contribution < 1.29 is 8.78 Å². The van der Waals surface area contributed by atoms with Crippen LogP contribution >= 0.6 is 15.9 Å². The number of halogens is 3. The van der Waals surface area contributed by atoms with Crippen LogP contribution in [-0.4, -0.2) is 9.55 Å². The molecule has 0 unspecified atom stereocenters. The number of benzene rings is 2. The number of nitrogen functional groups attached to an aromatic ring is 1. The van der Waals surface area contributed by atoms with Gasteiger partial charge in [0.25, 0.3) is 0 Å². The molecule has 0 aliphatic carbocycles. The van der Waals surface area contributed by atoms with Gasteiger partial charge in [0.05, 0.1) is 21.2 Å². The highest BCUT2D eigenvalue weighted by atomic mass is 79.9. The summed E-state index contributed by atoms with van der Waals surface area (Å²) < 4.78 is 29.1. The molecule has 21 heavy (non-hydrogen) atoms. The molecule has 104 valence electrons. The van der Waals surface area contributed by atoms with Gasteiger partial charge in [-0.15, -0.1) is 0 Å². The smallest absolute Gasteiger partial charge is 0.205 e. The number of nitrogens with zero attached hydrogens (tertiary/aromatic N) is 3. The highest BCUT2D eigenvalue weighted by molar-refractivity contribution is 9.10. The second kappa shape index (κ2) is 4.82. The topological polar surface area (TPSA) is 67.6 Å². The number of fused-ring (bicyclic) bond motifs is 1. The van der Waals surface area contributed by atoms with Crippen LogP contribution in [0.3, 0.4) is 0 Å². The van der Waals surface area contributed by atoms with Gasteiger partial charge in [-0.05, 0) is 34.1 Å². The largest absolute Gasteiger partial charge is 0.369 e. The number of imidazole rings is 1. The van der Waals surface area contributed by atoms with E-state index in [0.717, 1.165) is 0 Å². The predicted octanol–water partition coefficient (Wildman–Crippen LogP) is 3.52. The molecule has 3 rings (SSSR count). The average Bonchev–Trinajstić information content (AvgIpc) is 2.74. The molecule has 2 aromatic carbocycles. The Balaban J connectivity index is 2.41. The molecule has 0 atom stereocenters. The van der Waals surface area contributed by atoms with E-state index in [9.17, 15) is 8.78 Å². The van der Waals surface area contributed by atoms with Crippen molar-refractivity contribution in [3.63, 3.8) is 0 Å². The van der Waals surface area contributed by atoms with Crippen LogP contribution in [0.25, 0.3) is 16.7 Å². The number of nitriles is 1. The fraction of sp³-hybridized carbons (Fsp3) is 0. The van der Waals surface area contributed by atoms with Crippen molar-refractivity contribution in [3.05, 3.63) is 52.0 Å². The molecular weight excluding hydrogens is 342 g/mol. The molecule has 0 aliphatic heterocycles. The number of aromatic nitrogens is 2. The van der Waals surface area contributed by atoms with Crippen LogP contribution in [0.2, 0.25) is 0 Å². The maximum atomic E-state index is 13.7. The minimum absolute atomic E-state index is 0.0459. The van der Waals surface area contributed by atoms with Gasteiger partial charge in [0.2, 0.25) is 5.95 Å². The Morgan fingerprint density at radius 2 is 2.00 bits per heavy atom. The van der Waals surface area contributed by atoms with E-state index >= 15 is 0 Å². The Morgan fingerprint density at radius 1 is 1.24 bits per heavy atom. The normalized spacial score (nSPS) is 10.8. The van der Waals surface area contributed by atoms with Crippen molar-refractivity contribution in [2.24, 2.45) is 0 Å². The van der Waals surface area contributed by atoms with E-state index in [4.69, 9.17) is 11.0 Å². The van der Waals surface area contributed by atoms with Crippen molar-refractivity contribution in [2.75, 3.05) is 5.73 Å². The van der Waals surface area contributed by atoms with Gasteiger partial charge in [-0.25, -0.2) is 13.8 Å². The first-order valence-electron chi connectivity index (χ1n) is 5.85. The third-order valence-corrected chi connectivity index (χ3v) is 3.67. The van der Waals surface area contributed by atoms with E-state index in [-0.39, 0.29) is 21.7 Å². The Kier molecular flexibility index (Phi) is 3.11. The maximum Gasteiger partial charge on any atom is 0.205 e. The SMILES string of the molecule is N#Cc1c(F)cccc1-n1c(N)nc2cc(Br)c(F)cc21. The molecule has 0 spiro atoms. The van der Waals surface area contributed by atoms with E-state index in [1.807, 2.05) is 0 Å². The molecule has 0 saturated carbocycles. The van der Waals surface area contributed by atoms with Crippen molar-refractivity contribution in [1.82, 2.24) is 9.55 Å². The molecule has 0 bridgehead atoms. The Hall–Kier alpha value is -2.46. The second-order valence-electron chi connectivity index (χ2n) is 4.31. The molecule has 4 nitrogen and oxygen atoms in total. The van der Waals surface area contributed by atoms with E-state index < -0.39 is 11.6 Å². The van der Waals surface area contributed by atoms with Gasteiger partial charge in [-0.1, -0.05) is 6.07 Å². The predicted molar refractivity (Wildman–Crippen MR) is 77.8 cm³/mol. The molecule has 3 aromatic rings. The van der Waals surface area contributed by atoms with Gasteiger partial charge in [0.15, 0.2) is 0 Å². The minimum atomic E-state index is -0.672. The highest BCUT2D eigenvalue weighted by Crippen LogP contribution is 2.29. The van der Waals surface area contributed by atoms with Crippen LogP contribution in [-0.2, 0) is 0 Å². The minimum Gasteiger partial charge on any atom is -0.369 e. The summed E-state index contributed by atoms with van der Waals surface area (Å²) in [6.45, 7) is 0. The summed E-state index contributed by atoms with van der Waals surface area (Å²) in [4.78, 5) is 4.11. The van der Waals surface area contributed by atoms with E-state index in [1.54, 1.807) is 6.07 Å². The lowest BCUT2D eigenvalue weighted by Crippen LogP contribution is -2.04. The van der Waals surface area contributed by atoms with Crippen LogP contribution < -0.4 is 5.73 Å². The molecule has 1 aromatic heterocycles. The molecular formula is C14H7BrF2N4. The van der Waals surface area contributed by atoms with Crippen LogP contribution in [0.5, 0.6) is 0 Å². The molecule has 0 amide bonds. The lowest BCUT2D eigenvalue weighted by Gasteiger charge is -2.09. The summed E-state index contributed by atoms with van der Waals surface area (Å²) in [6, 6.07) is 8.65. The molecule has 7 heteroatoms. The van der Waals surface area contributed by atoms with Crippen LogP contribution in [0.4, 0.5) is 14.7 Å². The zero-order chi connectivity index (χ0) is 15.1. The molecule has 0 radical (unpaired) electrons. The monoisotopic (exact) mass is 348 g/mol. The van der Waals surface area contributed by atoms with Crippen LogP contribution in [0.15, 0.2) is 34.8 Å². The lowest BCUT2D eigenvalue weighted by molar-refractivity contribution is 0.621. The third-order valence-electron chi connectivity index (χ3n) is 3.07. The van der Waals surface area contributed by atoms with Crippen molar-refractivity contribution in [3.8, 4) is 11.8 Å². The van der Waals surface area contributed by atoms with Gasteiger partial charge in [-0.2, -0.15) is 5.26 Å². The first-order chi connectivity index (χ1) is 10.0. The van der Waals surface area contributed by atoms with E-state index in [2.05, 4.69) is 20.9 Å². The zero-order valence-electron chi connectivity index (χ0n) is 10.4. The number of hydrogen-bond donors (Lipinski definition) is 1. The average molecular weight is 349 g/mol. The zero-order valence-corrected chi connectivity index (χ0v) is 12.0. The quantitative estimate of drug-likeness (QED) is 0.731. The van der Waals surface area contributed by atoms with Gasteiger partial charge in [0.1, 0.15) is 23.3 Å². The van der Waals surface area contributed by atoms with E-state index in [0.29, 0.717) is 11.0 Å². The summed E-state index contributed by atoms with van der Waals surface area (Å²) >= 11 is 3.07. The first-order valence-corrected chi connectivity index (χ1v) is 6.64. The third kappa shape index (κ3) is 2.04. The van der Waals surface area contributed by atoms with Gasteiger partial charge < -0.3 is 5.73 Å². The van der Waals surface area contributed by atoms with Gasteiger partial charge in [-0.3, -0.25) is 4.57 Å². The molecule has 0 fully saturated rings. The summed E-state index contributed by atoms with van der Waals surface area (Å²) in [7, 11) is 0. The number of anilines is 1. The molecule has 2 N–H and O–H groups in total. The van der Waals surface area contributed by atoms with Crippen LogP contribution in [0.1, 0.15) is 5.56 Å². The van der Waals surface area contributed by atoms with Crippen molar-refractivity contribution in [1.29, 1.82) is 5.26 Å². The molecule has 1 heterocycles.